The summed E-state index contributed by atoms with van der Waals surface area (Å²) in [4.78, 5) is 13.1. The number of anilines is 2. The molecular formula is C20H20N6S. The lowest BCUT2D eigenvalue weighted by molar-refractivity contribution is 0.569. The van der Waals surface area contributed by atoms with Gasteiger partial charge in [-0.05, 0) is 42.8 Å². The molecule has 0 amide bonds. The summed E-state index contributed by atoms with van der Waals surface area (Å²) in [5.74, 6) is 1.33. The zero-order valence-electron chi connectivity index (χ0n) is 14.9. The third kappa shape index (κ3) is 2.84. The van der Waals surface area contributed by atoms with Gasteiger partial charge in [0, 0.05) is 13.1 Å². The van der Waals surface area contributed by atoms with Crippen LogP contribution < -0.4 is 10.6 Å². The molecule has 0 unspecified atom stereocenters. The lowest BCUT2D eigenvalue weighted by Crippen LogP contribution is -2.31. The number of rotatable bonds is 3. The van der Waals surface area contributed by atoms with E-state index < -0.39 is 0 Å². The smallest absolute Gasteiger partial charge is 0.228 e. The molecule has 1 fully saturated rings. The van der Waals surface area contributed by atoms with Gasteiger partial charge in [0.1, 0.15) is 5.82 Å². The summed E-state index contributed by atoms with van der Waals surface area (Å²) < 4.78 is 1.76. The van der Waals surface area contributed by atoms with Crippen LogP contribution in [0.15, 0.2) is 47.8 Å². The van der Waals surface area contributed by atoms with Gasteiger partial charge in [-0.1, -0.05) is 24.3 Å². The van der Waals surface area contributed by atoms with Crippen LogP contribution in [-0.2, 0) is 0 Å². The summed E-state index contributed by atoms with van der Waals surface area (Å²) in [6.45, 7) is 1.98. The SMILES string of the molecule is Nc1c2c(-c3cccs3)nc(N3CCCCC3)nc2nn1-c1ccccc1. The van der Waals surface area contributed by atoms with Crippen molar-refractivity contribution in [1.82, 2.24) is 19.7 Å². The van der Waals surface area contributed by atoms with E-state index in [1.165, 1.54) is 19.3 Å². The Balaban J connectivity index is 1.74. The normalized spacial score (nSPS) is 14.7. The zero-order valence-corrected chi connectivity index (χ0v) is 15.7. The minimum atomic E-state index is 0.574. The van der Waals surface area contributed by atoms with E-state index in [4.69, 9.17) is 20.8 Å². The Hall–Kier alpha value is -2.93. The van der Waals surface area contributed by atoms with Crippen molar-refractivity contribution in [3.05, 3.63) is 47.8 Å². The third-order valence-electron chi connectivity index (χ3n) is 4.95. The number of aromatic nitrogens is 4. The second kappa shape index (κ2) is 6.66. The van der Waals surface area contributed by atoms with Gasteiger partial charge in [-0.25, -0.2) is 9.67 Å². The quantitative estimate of drug-likeness (QED) is 0.582. The summed E-state index contributed by atoms with van der Waals surface area (Å²) in [5.41, 5.74) is 8.96. The molecule has 136 valence electrons. The van der Waals surface area contributed by atoms with E-state index in [0.29, 0.717) is 11.5 Å². The molecular weight excluding hydrogens is 356 g/mol. The average molecular weight is 376 g/mol. The predicted octanol–water partition coefficient (Wildman–Crippen LogP) is 4.12. The highest BCUT2D eigenvalue weighted by molar-refractivity contribution is 7.13. The molecule has 7 heteroatoms. The Morgan fingerprint density at radius 2 is 1.74 bits per heavy atom. The van der Waals surface area contributed by atoms with Gasteiger partial charge in [0.05, 0.1) is 21.6 Å². The number of nitrogens with zero attached hydrogens (tertiary/aromatic N) is 5. The topological polar surface area (TPSA) is 72.9 Å². The molecule has 1 aromatic carbocycles. The Morgan fingerprint density at radius 1 is 0.926 bits per heavy atom. The molecule has 0 atom stereocenters. The number of hydrogen-bond acceptors (Lipinski definition) is 6. The molecule has 6 nitrogen and oxygen atoms in total. The van der Waals surface area contributed by atoms with Gasteiger partial charge in [-0.15, -0.1) is 16.4 Å². The maximum absolute atomic E-state index is 6.52. The predicted molar refractivity (Wildman–Crippen MR) is 110 cm³/mol. The van der Waals surface area contributed by atoms with Crippen molar-refractivity contribution in [3.8, 4) is 16.3 Å². The van der Waals surface area contributed by atoms with Crippen LogP contribution in [0.5, 0.6) is 0 Å². The van der Waals surface area contributed by atoms with Crippen LogP contribution in [-0.4, -0.2) is 32.8 Å². The van der Waals surface area contributed by atoms with Gasteiger partial charge in [0.25, 0.3) is 0 Å². The number of thiophene rings is 1. The van der Waals surface area contributed by atoms with Crippen LogP contribution >= 0.6 is 11.3 Å². The summed E-state index contributed by atoms with van der Waals surface area (Å²) in [6, 6.07) is 14.0. The maximum Gasteiger partial charge on any atom is 0.228 e. The van der Waals surface area contributed by atoms with Gasteiger partial charge in [-0.2, -0.15) is 4.98 Å². The van der Waals surface area contributed by atoms with Crippen molar-refractivity contribution < 1.29 is 0 Å². The van der Waals surface area contributed by atoms with E-state index in [1.807, 2.05) is 36.4 Å². The van der Waals surface area contributed by atoms with Crippen LogP contribution in [0.4, 0.5) is 11.8 Å². The van der Waals surface area contributed by atoms with Crippen LogP contribution in [0.1, 0.15) is 19.3 Å². The molecule has 1 aliphatic rings. The number of nitrogen functional groups attached to an aromatic ring is 1. The van der Waals surface area contributed by atoms with E-state index in [0.717, 1.165) is 40.7 Å². The fraction of sp³-hybridized carbons (Fsp3) is 0.250. The first-order valence-electron chi connectivity index (χ1n) is 9.22. The van der Waals surface area contributed by atoms with Crippen molar-refractivity contribution in [2.75, 3.05) is 23.7 Å². The Labute approximate surface area is 161 Å². The minimum Gasteiger partial charge on any atom is -0.383 e. The number of benzene rings is 1. The van der Waals surface area contributed by atoms with Gasteiger partial charge >= 0.3 is 0 Å². The maximum atomic E-state index is 6.52. The van der Waals surface area contributed by atoms with E-state index in [2.05, 4.69) is 16.3 Å². The Kier molecular flexibility index (Phi) is 4.01. The van der Waals surface area contributed by atoms with E-state index in [9.17, 15) is 0 Å². The lowest BCUT2D eigenvalue weighted by Gasteiger charge is -2.26. The first-order chi connectivity index (χ1) is 13.3. The van der Waals surface area contributed by atoms with Crippen molar-refractivity contribution >= 4 is 34.1 Å². The fourth-order valence-corrected chi connectivity index (χ4v) is 4.31. The summed E-state index contributed by atoms with van der Waals surface area (Å²) in [7, 11) is 0. The van der Waals surface area contributed by atoms with Crippen molar-refractivity contribution in [3.63, 3.8) is 0 Å². The van der Waals surface area contributed by atoms with Crippen LogP contribution in [0, 0.1) is 0 Å². The molecule has 0 saturated carbocycles. The molecule has 3 aromatic heterocycles. The number of para-hydroxylation sites is 1. The molecule has 27 heavy (non-hydrogen) atoms. The largest absolute Gasteiger partial charge is 0.383 e. The standard InChI is InChI=1S/C20H20N6S/c21-18-16-17(15-10-7-13-27-15)22-20(25-11-5-2-6-12-25)23-19(16)24-26(18)14-8-3-1-4-9-14/h1,3-4,7-10,13H,2,5-6,11-12,21H2. The molecule has 2 N–H and O–H groups in total. The van der Waals surface area contributed by atoms with Crippen molar-refractivity contribution in [2.45, 2.75) is 19.3 Å². The summed E-state index contributed by atoms with van der Waals surface area (Å²) >= 11 is 1.66. The second-order valence-electron chi connectivity index (χ2n) is 6.73. The van der Waals surface area contributed by atoms with Gasteiger partial charge in [0.15, 0.2) is 5.65 Å². The van der Waals surface area contributed by atoms with Gasteiger partial charge in [0.2, 0.25) is 5.95 Å². The molecule has 4 heterocycles. The fourth-order valence-electron chi connectivity index (χ4n) is 3.59. The minimum absolute atomic E-state index is 0.574. The highest BCUT2D eigenvalue weighted by Gasteiger charge is 2.22. The highest BCUT2D eigenvalue weighted by Crippen LogP contribution is 2.35. The molecule has 0 bridgehead atoms. The van der Waals surface area contributed by atoms with E-state index in [-0.39, 0.29) is 0 Å². The van der Waals surface area contributed by atoms with Crippen molar-refractivity contribution in [1.29, 1.82) is 0 Å². The Morgan fingerprint density at radius 3 is 2.48 bits per heavy atom. The summed E-state index contributed by atoms with van der Waals surface area (Å²) in [6.07, 6.45) is 3.62. The first-order valence-corrected chi connectivity index (χ1v) is 10.1. The average Bonchev–Trinajstić information content (AvgIpc) is 3.37. The monoisotopic (exact) mass is 376 g/mol. The lowest BCUT2D eigenvalue weighted by atomic mass is 10.1. The van der Waals surface area contributed by atoms with Gasteiger partial charge in [-0.3, -0.25) is 0 Å². The number of fused-ring (bicyclic) bond motifs is 1. The number of piperidine rings is 1. The van der Waals surface area contributed by atoms with Crippen LogP contribution in [0.25, 0.3) is 27.3 Å². The molecule has 0 spiro atoms. The molecule has 0 aliphatic carbocycles. The van der Waals surface area contributed by atoms with Crippen molar-refractivity contribution in [2.24, 2.45) is 0 Å². The molecule has 0 radical (unpaired) electrons. The van der Waals surface area contributed by atoms with E-state index >= 15 is 0 Å². The molecule has 4 aromatic rings. The zero-order chi connectivity index (χ0) is 18.2. The van der Waals surface area contributed by atoms with Crippen LogP contribution in [0.3, 0.4) is 0 Å². The first kappa shape index (κ1) is 16.3. The van der Waals surface area contributed by atoms with Crippen LogP contribution in [0.2, 0.25) is 0 Å². The highest BCUT2D eigenvalue weighted by atomic mass is 32.1. The molecule has 5 rings (SSSR count). The number of nitrogens with two attached hydrogens (primary N) is 1. The summed E-state index contributed by atoms with van der Waals surface area (Å²) in [5, 5.41) is 7.61. The van der Waals surface area contributed by atoms with E-state index in [1.54, 1.807) is 16.0 Å². The molecule has 1 saturated heterocycles. The van der Waals surface area contributed by atoms with Gasteiger partial charge < -0.3 is 10.6 Å². The molecule has 1 aliphatic heterocycles. The third-order valence-corrected chi connectivity index (χ3v) is 5.83. The second-order valence-corrected chi connectivity index (χ2v) is 7.68. The number of hydrogen-bond donors (Lipinski definition) is 1. The Bertz CT molecular complexity index is 1070.